The van der Waals surface area contributed by atoms with Gasteiger partial charge in [0.15, 0.2) is 0 Å². The predicted octanol–water partition coefficient (Wildman–Crippen LogP) is 2.55. The molecule has 0 bridgehead atoms. The first-order valence-corrected chi connectivity index (χ1v) is 7.05. The lowest BCUT2D eigenvalue weighted by atomic mass is 9.86. The minimum absolute atomic E-state index is 0.119. The van der Waals surface area contributed by atoms with Crippen molar-refractivity contribution in [3.05, 3.63) is 35.4 Å². The van der Waals surface area contributed by atoms with Crippen molar-refractivity contribution >= 4 is 5.91 Å². The van der Waals surface area contributed by atoms with E-state index in [2.05, 4.69) is 32.9 Å². The summed E-state index contributed by atoms with van der Waals surface area (Å²) in [6, 6.07) is 8.21. The largest absolute Gasteiger partial charge is 0.334 e. The molecule has 1 atom stereocenters. The fraction of sp³-hybridized carbons (Fsp3) is 0.562. The Morgan fingerprint density at radius 1 is 1.32 bits per heavy atom. The Morgan fingerprint density at radius 2 is 1.95 bits per heavy atom. The Morgan fingerprint density at radius 3 is 2.47 bits per heavy atom. The monoisotopic (exact) mass is 260 g/mol. The van der Waals surface area contributed by atoms with Crippen LogP contribution in [0.4, 0.5) is 0 Å². The second-order valence-corrected chi connectivity index (χ2v) is 6.36. The number of carbonyl (C=O) groups is 1. The van der Waals surface area contributed by atoms with E-state index in [9.17, 15) is 4.79 Å². The van der Waals surface area contributed by atoms with Gasteiger partial charge < -0.3 is 10.6 Å². The second kappa shape index (κ2) is 5.33. The molecule has 0 saturated carbocycles. The predicted molar refractivity (Wildman–Crippen MR) is 78.3 cm³/mol. The van der Waals surface area contributed by atoms with Crippen LogP contribution in [-0.4, -0.2) is 29.9 Å². The van der Waals surface area contributed by atoms with Crippen molar-refractivity contribution in [2.45, 2.75) is 45.1 Å². The maximum absolute atomic E-state index is 12.4. The van der Waals surface area contributed by atoms with Gasteiger partial charge in [-0.05, 0) is 36.0 Å². The van der Waals surface area contributed by atoms with Crippen LogP contribution in [0.2, 0.25) is 0 Å². The molecule has 0 spiro atoms. The molecule has 2 rings (SSSR count). The van der Waals surface area contributed by atoms with Crippen LogP contribution in [0.15, 0.2) is 24.3 Å². The molecule has 19 heavy (non-hydrogen) atoms. The van der Waals surface area contributed by atoms with E-state index in [1.165, 1.54) is 5.56 Å². The van der Waals surface area contributed by atoms with Crippen molar-refractivity contribution in [1.29, 1.82) is 0 Å². The first-order chi connectivity index (χ1) is 8.93. The second-order valence-electron chi connectivity index (χ2n) is 6.36. The lowest BCUT2D eigenvalue weighted by molar-refractivity contribution is 0.0741. The minimum atomic E-state index is 0.119. The van der Waals surface area contributed by atoms with E-state index in [0.717, 1.165) is 24.9 Å². The van der Waals surface area contributed by atoms with Crippen LogP contribution in [-0.2, 0) is 5.41 Å². The van der Waals surface area contributed by atoms with E-state index >= 15 is 0 Å². The Balaban J connectivity index is 2.16. The highest BCUT2D eigenvalue weighted by Crippen LogP contribution is 2.24. The van der Waals surface area contributed by atoms with E-state index in [1.807, 2.05) is 17.0 Å². The molecule has 3 nitrogen and oxygen atoms in total. The zero-order valence-electron chi connectivity index (χ0n) is 12.1. The van der Waals surface area contributed by atoms with Gasteiger partial charge in [0.25, 0.3) is 5.91 Å². The number of benzene rings is 1. The number of carbonyl (C=O) groups excluding carboxylic acids is 1. The van der Waals surface area contributed by atoms with Gasteiger partial charge >= 0.3 is 0 Å². The summed E-state index contributed by atoms with van der Waals surface area (Å²) in [5.74, 6) is 0.119. The maximum atomic E-state index is 12.4. The molecule has 1 fully saturated rings. The topological polar surface area (TPSA) is 46.3 Å². The third kappa shape index (κ3) is 2.98. The van der Waals surface area contributed by atoms with Gasteiger partial charge in [-0.1, -0.05) is 32.9 Å². The fourth-order valence-corrected chi connectivity index (χ4v) is 2.63. The number of hydrogen-bond acceptors (Lipinski definition) is 2. The highest BCUT2D eigenvalue weighted by atomic mass is 16.2. The van der Waals surface area contributed by atoms with Crippen LogP contribution in [0.3, 0.4) is 0 Å². The molecule has 104 valence electrons. The van der Waals surface area contributed by atoms with Crippen LogP contribution >= 0.6 is 0 Å². The van der Waals surface area contributed by atoms with Gasteiger partial charge in [0.05, 0.1) is 0 Å². The Hall–Kier alpha value is -1.35. The lowest BCUT2D eigenvalue weighted by Gasteiger charge is -2.24. The number of amides is 1. The van der Waals surface area contributed by atoms with Gasteiger partial charge in [0.2, 0.25) is 0 Å². The van der Waals surface area contributed by atoms with Gasteiger partial charge in [-0.25, -0.2) is 0 Å². The molecule has 1 aliphatic rings. The summed E-state index contributed by atoms with van der Waals surface area (Å²) in [5.41, 5.74) is 7.87. The molecule has 2 N–H and O–H groups in total. The average Bonchev–Trinajstić information content (AvgIpc) is 2.85. The van der Waals surface area contributed by atoms with Crippen molar-refractivity contribution in [1.82, 2.24) is 4.90 Å². The summed E-state index contributed by atoms with van der Waals surface area (Å²) in [6.45, 7) is 7.92. The van der Waals surface area contributed by atoms with E-state index < -0.39 is 0 Å². The highest BCUT2D eigenvalue weighted by molar-refractivity contribution is 5.94. The number of rotatable bonds is 2. The van der Waals surface area contributed by atoms with Crippen LogP contribution in [0.1, 0.15) is 49.5 Å². The lowest BCUT2D eigenvalue weighted by Crippen LogP contribution is -2.39. The Kier molecular flexibility index (Phi) is 3.95. The number of hydrogen-bond donors (Lipinski definition) is 1. The molecular formula is C16H24N2O. The zero-order chi connectivity index (χ0) is 14.0. The molecule has 0 aliphatic carbocycles. The highest BCUT2D eigenvalue weighted by Gasteiger charge is 2.28. The van der Waals surface area contributed by atoms with Crippen molar-refractivity contribution in [2.75, 3.05) is 13.1 Å². The Labute approximate surface area is 115 Å². The first kappa shape index (κ1) is 14.1. The standard InChI is InChI=1S/C16H24N2O/c1-16(2,3)13-8-6-12(7-9-13)15(19)18-10-4-5-14(18)11-17/h6-9,14H,4-5,10-11,17H2,1-3H3/t14-/m0/s1. The molecule has 3 heteroatoms. The van der Waals surface area contributed by atoms with E-state index in [-0.39, 0.29) is 17.4 Å². The molecular weight excluding hydrogens is 236 g/mol. The third-order valence-corrected chi connectivity index (χ3v) is 3.91. The van der Waals surface area contributed by atoms with Gasteiger partial charge in [0, 0.05) is 24.7 Å². The number of nitrogens with zero attached hydrogens (tertiary/aromatic N) is 1. The summed E-state index contributed by atoms with van der Waals surface area (Å²) in [7, 11) is 0. The molecule has 1 saturated heterocycles. The molecule has 1 amide bonds. The van der Waals surface area contributed by atoms with Gasteiger partial charge in [-0.3, -0.25) is 4.79 Å². The van der Waals surface area contributed by atoms with E-state index in [4.69, 9.17) is 5.73 Å². The number of likely N-dealkylation sites (tertiary alicyclic amines) is 1. The van der Waals surface area contributed by atoms with Gasteiger partial charge in [0.1, 0.15) is 0 Å². The average molecular weight is 260 g/mol. The quantitative estimate of drug-likeness (QED) is 0.888. The van der Waals surface area contributed by atoms with E-state index in [1.54, 1.807) is 0 Å². The summed E-state index contributed by atoms with van der Waals surface area (Å²) < 4.78 is 0. The Bertz CT molecular complexity index is 445. The summed E-state index contributed by atoms with van der Waals surface area (Å²) >= 11 is 0. The summed E-state index contributed by atoms with van der Waals surface area (Å²) in [4.78, 5) is 14.4. The summed E-state index contributed by atoms with van der Waals surface area (Å²) in [6.07, 6.45) is 2.09. The SMILES string of the molecule is CC(C)(C)c1ccc(C(=O)N2CCC[C@H]2CN)cc1. The molecule has 0 unspecified atom stereocenters. The molecule has 0 radical (unpaired) electrons. The first-order valence-electron chi connectivity index (χ1n) is 7.05. The molecule has 1 aromatic carbocycles. The molecule has 1 aliphatic heterocycles. The van der Waals surface area contributed by atoms with Crippen molar-refractivity contribution in [3.63, 3.8) is 0 Å². The van der Waals surface area contributed by atoms with Crippen LogP contribution in [0.5, 0.6) is 0 Å². The van der Waals surface area contributed by atoms with Crippen LogP contribution in [0.25, 0.3) is 0 Å². The number of nitrogens with two attached hydrogens (primary N) is 1. The molecule has 1 aromatic rings. The van der Waals surface area contributed by atoms with E-state index in [0.29, 0.717) is 6.54 Å². The smallest absolute Gasteiger partial charge is 0.254 e. The van der Waals surface area contributed by atoms with Crippen LogP contribution < -0.4 is 5.73 Å². The normalized spacial score (nSPS) is 19.8. The maximum Gasteiger partial charge on any atom is 0.254 e. The van der Waals surface area contributed by atoms with Crippen molar-refractivity contribution in [3.8, 4) is 0 Å². The van der Waals surface area contributed by atoms with Gasteiger partial charge in [-0.15, -0.1) is 0 Å². The molecule has 1 heterocycles. The van der Waals surface area contributed by atoms with Crippen LogP contribution in [0, 0.1) is 0 Å². The summed E-state index contributed by atoms with van der Waals surface area (Å²) in [5, 5.41) is 0. The van der Waals surface area contributed by atoms with Gasteiger partial charge in [-0.2, -0.15) is 0 Å². The third-order valence-electron chi connectivity index (χ3n) is 3.91. The fourth-order valence-electron chi connectivity index (χ4n) is 2.63. The molecule has 0 aromatic heterocycles. The zero-order valence-corrected chi connectivity index (χ0v) is 12.1. The minimum Gasteiger partial charge on any atom is -0.334 e. The van der Waals surface area contributed by atoms with Crippen molar-refractivity contribution in [2.24, 2.45) is 5.73 Å². The van der Waals surface area contributed by atoms with Crippen molar-refractivity contribution < 1.29 is 4.79 Å².